The number of carbonyl (C=O) groups is 1. The van der Waals surface area contributed by atoms with Crippen LogP contribution in [0.15, 0.2) is 76.0 Å². The maximum atomic E-state index is 12.7. The highest BCUT2D eigenvalue weighted by Crippen LogP contribution is 2.33. The molecule has 0 aliphatic rings. The van der Waals surface area contributed by atoms with E-state index in [1.807, 2.05) is 6.92 Å². The number of nitrogens with one attached hydrogen (secondary N) is 2. The molecule has 11 heteroatoms. The van der Waals surface area contributed by atoms with E-state index in [1.54, 1.807) is 42.5 Å². The number of hydrogen-bond donors (Lipinski definition) is 2. The summed E-state index contributed by atoms with van der Waals surface area (Å²) in [5.74, 6) is 0.633. The molecule has 0 radical (unpaired) electrons. The number of methoxy groups -OCH3 is 2. The van der Waals surface area contributed by atoms with Gasteiger partial charge in [-0.1, -0.05) is 28.9 Å². The number of sulfonamides is 1. The van der Waals surface area contributed by atoms with E-state index in [0.717, 1.165) is 5.56 Å². The van der Waals surface area contributed by atoms with Crippen molar-refractivity contribution in [2.75, 3.05) is 24.3 Å². The Bertz CT molecular complexity index is 1470. The summed E-state index contributed by atoms with van der Waals surface area (Å²) in [6.45, 7) is 1.87. The zero-order chi connectivity index (χ0) is 25.0. The highest BCUT2D eigenvalue weighted by atomic mass is 32.2. The average molecular weight is 495 g/mol. The summed E-state index contributed by atoms with van der Waals surface area (Å²) in [5, 5.41) is 10.3. The maximum absolute atomic E-state index is 12.7. The fourth-order valence-electron chi connectivity index (χ4n) is 3.18. The fraction of sp³-hybridized carbons (Fsp3) is 0.125. The number of ether oxygens (including phenoxy) is 2. The average Bonchev–Trinajstić information content (AvgIpc) is 3.32. The first-order valence-electron chi connectivity index (χ1n) is 10.4. The molecule has 0 aliphatic heterocycles. The van der Waals surface area contributed by atoms with Crippen molar-refractivity contribution in [1.82, 2.24) is 10.2 Å². The largest absolute Gasteiger partial charge is 0.497 e. The van der Waals surface area contributed by atoms with Crippen LogP contribution in [0.1, 0.15) is 15.9 Å². The first-order chi connectivity index (χ1) is 16.8. The van der Waals surface area contributed by atoms with Crippen LogP contribution in [0.2, 0.25) is 0 Å². The van der Waals surface area contributed by atoms with Gasteiger partial charge in [-0.3, -0.25) is 14.8 Å². The van der Waals surface area contributed by atoms with Crippen LogP contribution in [0.5, 0.6) is 11.5 Å². The Morgan fingerprint density at radius 1 is 0.943 bits per heavy atom. The van der Waals surface area contributed by atoms with Crippen LogP contribution in [-0.2, 0) is 10.0 Å². The van der Waals surface area contributed by atoms with Gasteiger partial charge in [0, 0.05) is 17.3 Å². The minimum atomic E-state index is -3.81. The number of carbonyl (C=O) groups excluding carboxylic acids is 1. The summed E-state index contributed by atoms with van der Waals surface area (Å²) in [7, 11) is -0.778. The molecule has 0 fully saturated rings. The normalized spacial score (nSPS) is 11.1. The van der Waals surface area contributed by atoms with Crippen molar-refractivity contribution in [3.05, 3.63) is 77.9 Å². The summed E-state index contributed by atoms with van der Waals surface area (Å²) in [4.78, 5) is 12.9. The number of rotatable bonds is 8. The minimum absolute atomic E-state index is 0.116. The third-order valence-corrected chi connectivity index (χ3v) is 6.39. The van der Waals surface area contributed by atoms with Gasteiger partial charge in [0.25, 0.3) is 21.8 Å². The van der Waals surface area contributed by atoms with Crippen molar-refractivity contribution in [2.24, 2.45) is 0 Å². The fourth-order valence-corrected chi connectivity index (χ4v) is 4.23. The van der Waals surface area contributed by atoms with E-state index in [-0.39, 0.29) is 28.1 Å². The lowest BCUT2D eigenvalue weighted by atomic mass is 10.2. The molecule has 0 aliphatic carbocycles. The van der Waals surface area contributed by atoms with Gasteiger partial charge in [0.05, 0.1) is 24.7 Å². The summed E-state index contributed by atoms with van der Waals surface area (Å²) >= 11 is 0. The number of hydrogen-bond acceptors (Lipinski definition) is 8. The molecule has 1 aromatic heterocycles. The van der Waals surface area contributed by atoms with Gasteiger partial charge >= 0.3 is 6.01 Å². The van der Waals surface area contributed by atoms with Crippen molar-refractivity contribution in [2.45, 2.75) is 11.8 Å². The molecular weight excluding hydrogens is 472 g/mol. The van der Waals surface area contributed by atoms with Gasteiger partial charge < -0.3 is 13.9 Å². The van der Waals surface area contributed by atoms with Gasteiger partial charge in [-0.05, 0) is 49.4 Å². The first-order valence-corrected chi connectivity index (χ1v) is 11.8. The predicted octanol–water partition coefficient (Wildman–Crippen LogP) is 4.12. The number of aryl methyl sites for hydroxylation is 1. The van der Waals surface area contributed by atoms with E-state index < -0.39 is 15.9 Å². The van der Waals surface area contributed by atoms with Crippen molar-refractivity contribution in [1.29, 1.82) is 0 Å². The van der Waals surface area contributed by atoms with Gasteiger partial charge in [0.15, 0.2) is 0 Å². The molecule has 0 spiro atoms. The molecular formula is C24H22N4O6S. The Labute approximate surface area is 202 Å². The molecule has 0 saturated carbocycles. The van der Waals surface area contributed by atoms with E-state index in [9.17, 15) is 13.2 Å². The Balaban J connectivity index is 1.49. The second kappa shape index (κ2) is 9.85. The molecule has 0 atom stereocenters. The molecule has 3 aromatic carbocycles. The lowest BCUT2D eigenvalue weighted by molar-refractivity contribution is 0.102. The van der Waals surface area contributed by atoms with Crippen molar-refractivity contribution >= 4 is 27.6 Å². The Morgan fingerprint density at radius 3 is 2.43 bits per heavy atom. The molecule has 1 amide bonds. The molecule has 0 bridgehead atoms. The molecule has 35 heavy (non-hydrogen) atoms. The van der Waals surface area contributed by atoms with Crippen molar-refractivity contribution < 1.29 is 27.1 Å². The number of amides is 1. The summed E-state index contributed by atoms with van der Waals surface area (Å²) in [6, 6.07) is 17.4. The van der Waals surface area contributed by atoms with Crippen LogP contribution < -0.4 is 19.5 Å². The van der Waals surface area contributed by atoms with E-state index in [4.69, 9.17) is 13.9 Å². The monoisotopic (exact) mass is 494 g/mol. The van der Waals surface area contributed by atoms with E-state index >= 15 is 0 Å². The Morgan fingerprint density at radius 2 is 1.71 bits per heavy atom. The zero-order valence-electron chi connectivity index (χ0n) is 19.1. The van der Waals surface area contributed by atoms with Crippen LogP contribution in [0.3, 0.4) is 0 Å². The standard InChI is InChI=1S/C24H22N4O6S/c1-15-7-10-19(11-8-15)35(30,31)28-17-6-4-5-16(13-17)22(29)25-24-27-26-23(34-24)20-12-9-18(32-2)14-21(20)33-3/h4-14,28H,1-3H3,(H,25,27,29). The van der Waals surface area contributed by atoms with E-state index in [2.05, 4.69) is 20.2 Å². The molecule has 0 saturated heterocycles. The summed E-state index contributed by atoms with van der Waals surface area (Å²) in [5.41, 5.74) is 1.88. The molecule has 180 valence electrons. The van der Waals surface area contributed by atoms with Crippen molar-refractivity contribution in [3.8, 4) is 23.0 Å². The van der Waals surface area contributed by atoms with Gasteiger partial charge in [0.2, 0.25) is 0 Å². The van der Waals surface area contributed by atoms with Gasteiger partial charge in [-0.25, -0.2) is 8.42 Å². The van der Waals surface area contributed by atoms with Crippen LogP contribution in [0.25, 0.3) is 11.5 Å². The maximum Gasteiger partial charge on any atom is 0.322 e. The molecule has 2 N–H and O–H groups in total. The lowest BCUT2D eigenvalue weighted by Gasteiger charge is -2.09. The van der Waals surface area contributed by atoms with Crippen LogP contribution in [0.4, 0.5) is 11.7 Å². The second-order valence-electron chi connectivity index (χ2n) is 7.43. The number of nitrogens with zero attached hydrogens (tertiary/aromatic N) is 2. The van der Waals surface area contributed by atoms with Gasteiger partial charge in [-0.2, -0.15) is 0 Å². The zero-order valence-corrected chi connectivity index (χ0v) is 19.9. The Kier molecular flexibility index (Phi) is 6.69. The van der Waals surface area contributed by atoms with Crippen molar-refractivity contribution in [3.63, 3.8) is 0 Å². The quantitative estimate of drug-likeness (QED) is 0.374. The molecule has 0 unspecified atom stereocenters. The third-order valence-electron chi connectivity index (χ3n) is 4.99. The van der Waals surface area contributed by atoms with Crippen LogP contribution in [0, 0.1) is 6.92 Å². The Hall–Kier alpha value is -4.38. The van der Waals surface area contributed by atoms with Crippen LogP contribution in [-0.4, -0.2) is 38.7 Å². The van der Waals surface area contributed by atoms with E-state index in [1.165, 1.54) is 38.5 Å². The third kappa shape index (κ3) is 5.41. The SMILES string of the molecule is COc1ccc(-c2nnc(NC(=O)c3cccc(NS(=O)(=O)c4ccc(C)cc4)c3)o2)c(OC)c1. The molecule has 10 nitrogen and oxygen atoms in total. The first kappa shape index (κ1) is 23.8. The highest BCUT2D eigenvalue weighted by molar-refractivity contribution is 7.92. The summed E-state index contributed by atoms with van der Waals surface area (Å²) < 4.78 is 43.9. The highest BCUT2D eigenvalue weighted by Gasteiger charge is 2.18. The smallest absolute Gasteiger partial charge is 0.322 e. The molecule has 4 aromatic rings. The van der Waals surface area contributed by atoms with E-state index in [0.29, 0.717) is 17.1 Å². The lowest BCUT2D eigenvalue weighted by Crippen LogP contribution is -2.15. The molecule has 4 rings (SSSR count). The minimum Gasteiger partial charge on any atom is -0.497 e. The van der Waals surface area contributed by atoms with Crippen LogP contribution >= 0.6 is 0 Å². The second-order valence-corrected chi connectivity index (χ2v) is 9.11. The summed E-state index contributed by atoms with van der Waals surface area (Å²) in [6.07, 6.45) is 0. The predicted molar refractivity (Wildman–Crippen MR) is 129 cm³/mol. The number of aromatic nitrogens is 2. The van der Waals surface area contributed by atoms with Gasteiger partial charge in [0.1, 0.15) is 11.5 Å². The topological polar surface area (TPSA) is 133 Å². The number of anilines is 2. The number of benzene rings is 3. The molecule has 1 heterocycles. The van der Waals surface area contributed by atoms with Gasteiger partial charge in [-0.15, -0.1) is 5.10 Å².